The summed E-state index contributed by atoms with van der Waals surface area (Å²) in [7, 11) is 1.71. The number of hydrogen-bond acceptors (Lipinski definition) is 6. The number of primary amides is 1. The minimum atomic E-state index is -0.835. The number of benzene rings is 1. The number of aliphatic hydroxyl groups is 1. The van der Waals surface area contributed by atoms with Crippen LogP contribution in [0.5, 0.6) is 0 Å². The maximum absolute atomic E-state index is 14.3. The Morgan fingerprint density at radius 3 is 2.79 bits per heavy atom. The van der Waals surface area contributed by atoms with E-state index in [0.717, 1.165) is 19.3 Å². The molecule has 4 aliphatic rings. The highest BCUT2D eigenvalue weighted by atomic mass is 19.1. The predicted octanol–water partition coefficient (Wildman–Crippen LogP) is 2.14. The Morgan fingerprint density at radius 1 is 1.30 bits per heavy atom. The van der Waals surface area contributed by atoms with Crippen molar-refractivity contribution in [1.82, 2.24) is 19.1 Å². The number of imidazole rings is 1. The largest absolute Gasteiger partial charge is 0.390 e. The van der Waals surface area contributed by atoms with Crippen LogP contribution in [-0.4, -0.2) is 35.7 Å². The van der Waals surface area contributed by atoms with Crippen molar-refractivity contribution in [2.45, 2.75) is 44.2 Å². The first-order valence-corrected chi connectivity index (χ1v) is 11.2. The zero-order valence-corrected chi connectivity index (χ0v) is 18.4. The third kappa shape index (κ3) is 2.86. The lowest BCUT2D eigenvalue weighted by Gasteiger charge is -2.38. The smallest absolute Gasteiger partial charge is 0.330 e. The van der Waals surface area contributed by atoms with Crippen LogP contribution in [0, 0.1) is 30.5 Å². The molecule has 0 spiro atoms. The van der Waals surface area contributed by atoms with Crippen molar-refractivity contribution in [1.29, 1.82) is 0 Å². The maximum Gasteiger partial charge on any atom is 0.330 e. The molecule has 172 valence electrons. The average Bonchev–Trinajstić information content (AvgIpc) is 3.24. The molecule has 10 heteroatoms. The number of fused-ring (bicyclic) bond motifs is 1. The number of carbonyl (C=O) groups excluding carboxylic acids is 1. The van der Waals surface area contributed by atoms with Crippen LogP contribution in [-0.2, 0) is 7.05 Å². The normalized spacial score (nSPS) is 29.8. The number of amides is 1. The van der Waals surface area contributed by atoms with Gasteiger partial charge in [-0.1, -0.05) is 0 Å². The van der Waals surface area contributed by atoms with Gasteiger partial charge in [-0.05, 0) is 68.1 Å². The minimum absolute atomic E-state index is 0.00533. The van der Waals surface area contributed by atoms with Gasteiger partial charge >= 0.3 is 5.69 Å². The van der Waals surface area contributed by atoms with Gasteiger partial charge in [-0.25, -0.2) is 14.2 Å². The first-order chi connectivity index (χ1) is 15.6. The summed E-state index contributed by atoms with van der Waals surface area (Å²) >= 11 is 0. The van der Waals surface area contributed by atoms with Gasteiger partial charge in [-0.3, -0.25) is 13.9 Å². The van der Waals surface area contributed by atoms with Gasteiger partial charge < -0.3 is 16.2 Å². The Kier molecular flexibility index (Phi) is 4.09. The van der Waals surface area contributed by atoms with E-state index in [-0.39, 0.29) is 35.1 Å². The Morgan fingerprint density at radius 2 is 2.06 bits per heavy atom. The van der Waals surface area contributed by atoms with E-state index in [1.54, 1.807) is 29.3 Å². The monoisotopic (exact) mass is 452 g/mol. The zero-order valence-electron chi connectivity index (χ0n) is 18.4. The average molecular weight is 452 g/mol. The van der Waals surface area contributed by atoms with E-state index in [1.165, 1.54) is 12.1 Å². The molecule has 9 nitrogen and oxygen atoms in total. The maximum atomic E-state index is 14.3. The molecular formula is C23H25FN6O3. The summed E-state index contributed by atoms with van der Waals surface area (Å²) in [5, 5.41) is 13.8. The van der Waals surface area contributed by atoms with Gasteiger partial charge in [-0.2, -0.15) is 4.98 Å². The highest BCUT2D eigenvalue weighted by molar-refractivity contribution is 5.94. The molecule has 4 fully saturated rings. The molecule has 4 N–H and O–H groups in total. The third-order valence-electron chi connectivity index (χ3n) is 7.99. The van der Waals surface area contributed by atoms with Crippen molar-refractivity contribution >= 4 is 28.7 Å². The van der Waals surface area contributed by atoms with Gasteiger partial charge in [0.1, 0.15) is 11.3 Å². The SMILES string of the molecule is Cc1cc(C(N)=O)c(F)cc1Nc1ncc2c(n1)n([C@H]1C3CC4CC(O)(C3)CC41)c(=O)n2C. The van der Waals surface area contributed by atoms with Crippen molar-refractivity contribution in [3.05, 3.63) is 45.8 Å². The lowest BCUT2D eigenvalue weighted by atomic mass is 9.76. The molecule has 0 saturated heterocycles. The Hall–Kier alpha value is -3.27. The highest BCUT2D eigenvalue weighted by Crippen LogP contribution is 2.64. The second-order valence-electron chi connectivity index (χ2n) is 10.00. The molecule has 4 saturated carbocycles. The molecule has 2 heterocycles. The topological polar surface area (TPSA) is 128 Å². The molecule has 1 aromatic carbocycles. The summed E-state index contributed by atoms with van der Waals surface area (Å²) in [6, 6.07) is 2.58. The molecular weight excluding hydrogens is 427 g/mol. The van der Waals surface area contributed by atoms with Crippen LogP contribution in [0.3, 0.4) is 0 Å². The lowest BCUT2D eigenvalue weighted by molar-refractivity contribution is -0.0244. The molecule has 5 atom stereocenters. The van der Waals surface area contributed by atoms with Crippen molar-refractivity contribution in [3.8, 4) is 0 Å². The molecule has 7 rings (SSSR count). The van der Waals surface area contributed by atoms with E-state index in [4.69, 9.17) is 5.73 Å². The molecule has 4 unspecified atom stereocenters. The molecule has 0 radical (unpaired) electrons. The van der Waals surface area contributed by atoms with Gasteiger partial charge in [0.25, 0.3) is 5.91 Å². The number of aryl methyl sites for hydroxylation is 2. The van der Waals surface area contributed by atoms with E-state index < -0.39 is 17.3 Å². The summed E-state index contributed by atoms with van der Waals surface area (Å²) in [6.07, 6.45) is 4.88. The molecule has 33 heavy (non-hydrogen) atoms. The van der Waals surface area contributed by atoms with Crippen LogP contribution in [0.4, 0.5) is 16.0 Å². The summed E-state index contributed by atoms with van der Waals surface area (Å²) in [5.74, 6) is -0.389. The number of nitrogens with one attached hydrogen (secondary N) is 1. The van der Waals surface area contributed by atoms with Gasteiger partial charge in [-0.15, -0.1) is 0 Å². The first-order valence-electron chi connectivity index (χ1n) is 11.2. The highest BCUT2D eigenvalue weighted by Gasteiger charge is 2.61. The molecule has 4 bridgehead atoms. The van der Waals surface area contributed by atoms with Crippen molar-refractivity contribution < 1.29 is 14.3 Å². The summed E-state index contributed by atoms with van der Waals surface area (Å²) in [6.45, 7) is 1.72. The van der Waals surface area contributed by atoms with Crippen LogP contribution in [0.15, 0.2) is 23.1 Å². The first kappa shape index (κ1) is 20.3. The van der Waals surface area contributed by atoms with Crippen LogP contribution in [0.25, 0.3) is 11.2 Å². The molecule has 1 amide bonds. The number of aromatic nitrogens is 4. The molecule has 4 aliphatic carbocycles. The number of anilines is 2. The number of nitrogens with zero attached hydrogens (tertiary/aromatic N) is 4. The fraction of sp³-hybridized carbons (Fsp3) is 0.478. The van der Waals surface area contributed by atoms with E-state index in [2.05, 4.69) is 15.3 Å². The fourth-order valence-corrected chi connectivity index (χ4v) is 6.71. The number of carbonyl (C=O) groups is 1. The molecule has 2 aromatic heterocycles. The second-order valence-corrected chi connectivity index (χ2v) is 10.00. The second kappa shape index (κ2) is 6.63. The van der Waals surface area contributed by atoms with Gasteiger partial charge in [0.2, 0.25) is 5.95 Å². The summed E-state index contributed by atoms with van der Waals surface area (Å²) in [4.78, 5) is 33.6. The summed E-state index contributed by atoms with van der Waals surface area (Å²) in [5.41, 5.74) is 6.48. The van der Waals surface area contributed by atoms with E-state index >= 15 is 0 Å². The van der Waals surface area contributed by atoms with E-state index in [9.17, 15) is 19.1 Å². The van der Waals surface area contributed by atoms with Crippen molar-refractivity contribution in [3.63, 3.8) is 0 Å². The van der Waals surface area contributed by atoms with Crippen LogP contribution < -0.4 is 16.7 Å². The Labute approximate surface area is 188 Å². The van der Waals surface area contributed by atoms with Crippen molar-refractivity contribution in [2.24, 2.45) is 30.5 Å². The fourth-order valence-electron chi connectivity index (χ4n) is 6.71. The molecule has 3 aromatic rings. The standard InChI is InChI=1S/C23H25FN6O3/c1-10-3-13(19(25)31)15(24)5-16(10)27-21-26-9-17-20(28-21)30(22(32)29(17)2)18-12-4-11-6-23(33,7-12)8-14(11)18/h3,5,9,11-12,14,18,33H,4,6-8H2,1-2H3,(H2,25,31)(H,26,27,28)/t11?,12?,14?,18-,23?/m0/s1. The van der Waals surface area contributed by atoms with Crippen LogP contribution >= 0.6 is 0 Å². The van der Waals surface area contributed by atoms with Gasteiger partial charge in [0.15, 0.2) is 5.65 Å². The van der Waals surface area contributed by atoms with Crippen LogP contribution in [0.1, 0.15) is 47.6 Å². The van der Waals surface area contributed by atoms with E-state index in [1.807, 2.05) is 0 Å². The summed E-state index contributed by atoms with van der Waals surface area (Å²) < 4.78 is 17.7. The Balaban J connectivity index is 1.42. The number of hydrogen-bond donors (Lipinski definition) is 3. The zero-order chi connectivity index (χ0) is 23.2. The quantitative estimate of drug-likeness (QED) is 0.556. The van der Waals surface area contributed by atoms with Gasteiger partial charge in [0, 0.05) is 18.8 Å². The Bertz CT molecular complexity index is 1390. The number of nitrogens with two attached hydrogens (primary N) is 1. The number of halogens is 1. The minimum Gasteiger partial charge on any atom is -0.390 e. The van der Waals surface area contributed by atoms with E-state index in [0.29, 0.717) is 34.8 Å². The van der Waals surface area contributed by atoms with Crippen molar-refractivity contribution in [2.75, 3.05) is 5.32 Å². The number of rotatable bonds is 4. The van der Waals surface area contributed by atoms with Gasteiger partial charge in [0.05, 0.1) is 17.4 Å². The predicted molar refractivity (Wildman–Crippen MR) is 119 cm³/mol. The van der Waals surface area contributed by atoms with Crippen LogP contribution in [0.2, 0.25) is 0 Å². The third-order valence-corrected chi connectivity index (χ3v) is 7.99. The molecule has 0 aliphatic heterocycles. The lowest BCUT2D eigenvalue weighted by Crippen LogP contribution is -2.40.